The molecule has 3 N–H and O–H groups in total. The van der Waals surface area contributed by atoms with E-state index in [1.165, 1.54) is 18.3 Å². The molecule has 1 aromatic carbocycles. The summed E-state index contributed by atoms with van der Waals surface area (Å²) in [6, 6.07) is 10.2. The highest BCUT2D eigenvalue weighted by molar-refractivity contribution is 9.10. The smallest absolute Gasteiger partial charge is 0.325 e. The molecule has 0 bridgehead atoms. The van der Waals surface area contributed by atoms with E-state index in [-0.39, 0.29) is 17.9 Å². The van der Waals surface area contributed by atoms with Gasteiger partial charge < -0.3 is 15.7 Å². The lowest BCUT2D eigenvalue weighted by Crippen LogP contribution is -2.45. The van der Waals surface area contributed by atoms with Gasteiger partial charge in [-0.05, 0) is 52.4 Å². The average Bonchev–Trinajstić information content (AvgIpc) is 3.33. The third kappa shape index (κ3) is 7.44. The molecule has 0 fully saturated rings. The van der Waals surface area contributed by atoms with Gasteiger partial charge in [0, 0.05) is 29.4 Å². The molecule has 10 heteroatoms. The van der Waals surface area contributed by atoms with Crippen molar-refractivity contribution in [2.45, 2.75) is 45.6 Å². The molecule has 3 aromatic rings. The van der Waals surface area contributed by atoms with Gasteiger partial charge in [0.05, 0.1) is 15.3 Å². The second-order valence-electron chi connectivity index (χ2n) is 9.52. The summed E-state index contributed by atoms with van der Waals surface area (Å²) in [6.45, 7) is 7.72. The molecule has 1 unspecified atom stereocenters. The monoisotopic (exact) mass is 572 g/mol. The highest BCUT2D eigenvalue weighted by atomic mass is 79.9. The van der Waals surface area contributed by atoms with E-state index in [9.17, 15) is 19.5 Å². The van der Waals surface area contributed by atoms with Gasteiger partial charge in [0.1, 0.15) is 6.04 Å². The molecule has 2 aromatic heterocycles. The number of carboxylic acids is 1. The molecule has 3 rings (SSSR count). The van der Waals surface area contributed by atoms with Crippen molar-refractivity contribution in [3.63, 3.8) is 0 Å². The minimum Gasteiger partial charge on any atom is -0.480 e. The number of halogens is 1. The average molecular weight is 574 g/mol. The SMILES string of the molecule is C[C@@H](NC(=O)C(CNC(=O)c1ccc(C(C)(C)C)s1)Cc1ccc(-c2ncc(Br)cn2)cc1)C(=O)O. The van der Waals surface area contributed by atoms with Crippen molar-refractivity contribution in [2.75, 3.05) is 6.54 Å². The number of rotatable bonds is 9. The first-order chi connectivity index (χ1) is 16.9. The van der Waals surface area contributed by atoms with Gasteiger partial charge in [-0.3, -0.25) is 14.4 Å². The second-order valence-corrected chi connectivity index (χ2v) is 11.5. The normalized spacial score (nSPS) is 13.0. The van der Waals surface area contributed by atoms with Crippen LogP contribution in [0, 0.1) is 5.92 Å². The van der Waals surface area contributed by atoms with Gasteiger partial charge in [-0.25, -0.2) is 9.97 Å². The fourth-order valence-corrected chi connectivity index (χ4v) is 4.54. The summed E-state index contributed by atoms with van der Waals surface area (Å²) in [5.41, 5.74) is 1.62. The van der Waals surface area contributed by atoms with Crippen molar-refractivity contribution in [3.05, 3.63) is 68.6 Å². The second kappa shape index (κ2) is 11.7. The Morgan fingerprint density at radius 3 is 2.25 bits per heavy atom. The van der Waals surface area contributed by atoms with Gasteiger partial charge in [-0.15, -0.1) is 11.3 Å². The molecule has 2 atom stereocenters. The number of aromatic nitrogens is 2. The van der Waals surface area contributed by atoms with Crippen LogP contribution in [0.1, 0.15) is 47.8 Å². The summed E-state index contributed by atoms with van der Waals surface area (Å²) in [4.78, 5) is 47.2. The molecular weight excluding hydrogens is 544 g/mol. The predicted octanol–water partition coefficient (Wildman–Crippen LogP) is 4.44. The Bertz CT molecular complexity index is 1220. The minimum absolute atomic E-state index is 0.0635. The zero-order valence-electron chi connectivity index (χ0n) is 20.5. The van der Waals surface area contributed by atoms with E-state index in [0.29, 0.717) is 17.1 Å². The van der Waals surface area contributed by atoms with Crippen LogP contribution in [-0.2, 0) is 21.4 Å². The van der Waals surface area contributed by atoms with Crippen LogP contribution in [0.4, 0.5) is 0 Å². The van der Waals surface area contributed by atoms with Gasteiger partial charge in [0.2, 0.25) is 5.91 Å². The van der Waals surface area contributed by atoms with Crippen LogP contribution in [0.3, 0.4) is 0 Å². The lowest BCUT2D eigenvalue weighted by molar-refractivity contribution is -0.141. The zero-order valence-corrected chi connectivity index (χ0v) is 22.9. The molecule has 0 radical (unpaired) electrons. The Balaban J connectivity index is 1.73. The molecule has 0 aliphatic heterocycles. The molecule has 0 saturated heterocycles. The van der Waals surface area contributed by atoms with Crippen molar-refractivity contribution in [3.8, 4) is 11.4 Å². The molecule has 0 aliphatic carbocycles. The Morgan fingerprint density at radius 2 is 1.69 bits per heavy atom. The Labute approximate surface area is 222 Å². The summed E-state index contributed by atoms with van der Waals surface area (Å²) < 4.78 is 0.784. The van der Waals surface area contributed by atoms with Crippen molar-refractivity contribution >= 4 is 45.1 Å². The van der Waals surface area contributed by atoms with Crippen LogP contribution >= 0.6 is 27.3 Å². The molecule has 0 aliphatic rings. The van der Waals surface area contributed by atoms with E-state index in [2.05, 4.69) is 57.3 Å². The van der Waals surface area contributed by atoms with Crippen molar-refractivity contribution in [1.82, 2.24) is 20.6 Å². The first-order valence-corrected chi connectivity index (χ1v) is 13.0. The highest BCUT2D eigenvalue weighted by Crippen LogP contribution is 2.29. The molecule has 0 saturated carbocycles. The van der Waals surface area contributed by atoms with E-state index < -0.39 is 23.8 Å². The number of carboxylic acid groups (broad SMARTS) is 1. The van der Waals surface area contributed by atoms with Crippen LogP contribution in [0.25, 0.3) is 11.4 Å². The van der Waals surface area contributed by atoms with Crippen LogP contribution in [0.5, 0.6) is 0 Å². The number of thiophene rings is 1. The fraction of sp³-hybridized carbons (Fsp3) is 0.346. The molecule has 36 heavy (non-hydrogen) atoms. The summed E-state index contributed by atoms with van der Waals surface area (Å²) in [6.07, 6.45) is 3.65. The third-order valence-electron chi connectivity index (χ3n) is 5.49. The quantitative estimate of drug-likeness (QED) is 0.348. The maximum Gasteiger partial charge on any atom is 0.325 e. The largest absolute Gasteiger partial charge is 0.480 e. The van der Waals surface area contributed by atoms with E-state index in [4.69, 9.17) is 0 Å². The third-order valence-corrected chi connectivity index (χ3v) is 7.41. The number of aliphatic carboxylic acids is 1. The number of benzene rings is 1. The molecule has 190 valence electrons. The Hall–Kier alpha value is -3.11. The van der Waals surface area contributed by atoms with Gasteiger partial charge in [0.15, 0.2) is 5.82 Å². The number of amides is 2. The Morgan fingerprint density at radius 1 is 1.06 bits per heavy atom. The number of carbonyl (C=O) groups excluding carboxylic acids is 2. The van der Waals surface area contributed by atoms with Gasteiger partial charge in [0.25, 0.3) is 5.91 Å². The van der Waals surface area contributed by atoms with Gasteiger partial charge >= 0.3 is 5.97 Å². The van der Waals surface area contributed by atoms with E-state index in [1.54, 1.807) is 18.5 Å². The first kappa shape index (κ1) is 27.5. The summed E-state index contributed by atoms with van der Waals surface area (Å²) in [5, 5.41) is 14.6. The summed E-state index contributed by atoms with van der Waals surface area (Å²) in [7, 11) is 0. The van der Waals surface area contributed by atoms with Crippen molar-refractivity contribution in [1.29, 1.82) is 0 Å². The van der Waals surface area contributed by atoms with Gasteiger partial charge in [-0.2, -0.15) is 0 Å². The molecule has 2 amide bonds. The topological polar surface area (TPSA) is 121 Å². The zero-order chi connectivity index (χ0) is 26.5. The maximum absolute atomic E-state index is 12.9. The maximum atomic E-state index is 12.9. The minimum atomic E-state index is -1.13. The van der Waals surface area contributed by atoms with Crippen LogP contribution < -0.4 is 10.6 Å². The standard InChI is InChI=1S/C26H29BrN4O4S/c1-15(25(34)35)31-23(32)18(12-30-24(33)20-9-10-21(36-20)26(2,3)4)11-16-5-7-17(8-6-16)22-28-13-19(27)14-29-22/h5-10,13-15,18H,11-12H2,1-4H3,(H,30,33)(H,31,32)(H,34,35)/t15-,18?/m1/s1. The molecular formula is C26H29BrN4O4S. The summed E-state index contributed by atoms with van der Waals surface area (Å²) in [5.74, 6) is -1.91. The van der Waals surface area contributed by atoms with Crippen molar-refractivity contribution < 1.29 is 19.5 Å². The van der Waals surface area contributed by atoms with Crippen molar-refractivity contribution in [2.24, 2.45) is 5.92 Å². The molecule has 2 heterocycles. The van der Waals surface area contributed by atoms with Crippen LogP contribution in [-0.4, -0.2) is 45.4 Å². The highest BCUT2D eigenvalue weighted by Gasteiger charge is 2.25. The molecule has 8 nitrogen and oxygen atoms in total. The van der Waals surface area contributed by atoms with Crippen LogP contribution in [0.2, 0.25) is 0 Å². The first-order valence-electron chi connectivity index (χ1n) is 11.4. The number of carbonyl (C=O) groups is 3. The van der Waals surface area contributed by atoms with E-state index >= 15 is 0 Å². The summed E-state index contributed by atoms with van der Waals surface area (Å²) >= 11 is 4.74. The van der Waals surface area contributed by atoms with E-state index in [0.717, 1.165) is 20.5 Å². The number of nitrogens with zero attached hydrogens (tertiary/aromatic N) is 2. The number of nitrogens with one attached hydrogen (secondary N) is 2. The Kier molecular flexibility index (Phi) is 8.97. The fourth-order valence-electron chi connectivity index (χ4n) is 3.35. The number of hydrogen-bond donors (Lipinski definition) is 3. The van der Waals surface area contributed by atoms with E-state index in [1.807, 2.05) is 30.3 Å². The van der Waals surface area contributed by atoms with Gasteiger partial charge in [-0.1, -0.05) is 45.0 Å². The lowest BCUT2D eigenvalue weighted by Gasteiger charge is -2.19. The number of hydrogen-bond acceptors (Lipinski definition) is 6. The van der Waals surface area contributed by atoms with Crippen LogP contribution in [0.15, 0.2) is 53.3 Å². The lowest BCUT2D eigenvalue weighted by atomic mass is 9.95. The predicted molar refractivity (Wildman–Crippen MR) is 143 cm³/mol. The molecule has 0 spiro atoms.